The molecule has 0 saturated carbocycles. The van der Waals surface area contributed by atoms with Crippen molar-refractivity contribution in [3.8, 4) is 11.5 Å². The maximum atomic E-state index is 12.1. The van der Waals surface area contributed by atoms with E-state index in [0.29, 0.717) is 18.7 Å². The number of hydrogen-bond donors (Lipinski definition) is 1. The van der Waals surface area contributed by atoms with Gasteiger partial charge >= 0.3 is 0 Å². The third-order valence-corrected chi connectivity index (χ3v) is 4.00. The average Bonchev–Trinajstić information content (AvgIpc) is 2.56. The minimum atomic E-state index is 0.0277. The van der Waals surface area contributed by atoms with Gasteiger partial charge in [0.25, 0.3) is 0 Å². The number of benzene rings is 1. The van der Waals surface area contributed by atoms with Crippen LogP contribution in [0.3, 0.4) is 0 Å². The normalized spacial score (nSPS) is 14.2. The molecule has 0 aromatic heterocycles. The average molecular weight is 303 g/mol. The first-order valence-corrected chi connectivity index (χ1v) is 7.88. The van der Waals surface area contributed by atoms with E-state index in [1.807, 2.05) is 12.1 Å². The van der Waals surface area contributed by atoms with Crippen molar-refractivity contribution >= 4 is 5.91 Å². The highest BCUT2D eigenvalue weighted by Gasteiger charge is 2.10. The molecule has 22 heavy (non-hydrogen) atoms. The Hall–Kier alpha value is -1.97. The summed E-state index contributed by atoms with van der Waals surface area (Å²) in [5.74, 6) is 1.44. The number of carbonyl (C=O) groups excluding carboxylic acids is 1. The van der Waals surface area contributed by atoms with E-state index in [9.17, 15) is 4.79 Å². The van der Waals surface area contributed by atoms with Crippen LogP contribution in [0.4, 0.5) is 0 Å². The van der Waals surface area contributed by atoms with Crippen LogP contribution in [-0.4, -0.2) is 26.7 Å². The van der Waals surface area contributed by atoms with Gasteiger partial charge < -0.3 is 14.8 Å². The van der Waals surface area contributed by atoms with Crippen LogP contribution in [-0.2, 0) is 11.2 Å². The van der Waals surface area contributed by atoms with Crippen LogP contribution >= 0.6 is 0 Å². The Kier molecular flexibility index (Phi) is 6.31. The monoisotopic (exact) mass is 303 g/mol. The molecule has 1 amide bonds. The van der Waals surface area contributed by atoms with Crippen molar-refractivity contribution in [2.45, 2.75) is 38.5 Å². The number of nitrogens with one attached hydrogen (secondary N) is 1. The van der Waals surface area contributed by atoms with Gasteiger partial charge in [0.2, 0.25) is 5.91 Å². The van der Waals surface area contributed by atoms with Gasteiger partial charge in [-0.25, -0.2) is 0 Å². The van der Waals surface area contributed by atoms with Crippen LogP contribution in [0.5, 0.6) is 11.5 Å². The molecule has 0 unspecified atom stereocenters. The molecule has 0 saturated heterocycles. The van der Waals surface area contributed by atoms with Crippen molar-refractivity contribution in [3.63, 3.8) is 0 Å². The van der Waals surface area contributed by atoms with E-state index in [-0.39, 0.29) is 5.91 Å². The van der Waals surface area contributed by atoms with Crippen molar-refractivity contribution in [2.75, 3.05) is 20.8 Å². The SMILES string of the molecule is COc1ccc(CC(=O)NCCC2=CCCCC2)c(OC)c1. The highest BCUT2D eigenvalue weighted by Crippen LogP contribution is 2.25. The summed E-state index contributed by atoms with van der Waals surface area (Å²) in [6.45, 7) is 0.711. The first kappa shape index (κ1) is 16.4. The first-order valence-electron chi connectivity index (χ1n) is 7.88. The summed E-state index contributed by atoms with van der Waals surface area (Å²) >= 11 is 0. The van der Waals surface area contributed by atoms with Crippen LogP contribution in [0.25, 0.3) is 0 Å². The van der Waals surface area contributed by atoms with E-state index in [0.717, 1.165) is 17.7 Å². The molecule has 2 rings (SSSR count). The van der Waals surface area contributed by atoms with Gasteiger partial charge in [-0.1, -0.05) is 17.7 Å². The first-order chi connectivity index (χ1) is 10.7. The number of rotatable bonds is 7. The largest absolute Gasteiger partial charge is 0.497 e. The molecule has 0 atom stereocenters. The van der Waals surface area contributed by atoms with Crippen LogP contribution in [0, 0.1) is 0 Å². The molecule has 4 nitrogen and oxygen atoms in total. The third kappa shape index (κ3) is 4.79. The van der Waals surface area contributed by atoms with Gasteiger partial charge in [0.05, 0.1) is 20.6 Å². The minimum Gasteiger partial charge on any atom is -0.497 e. The molecule has 0 heterocycles. The molecule has 1 aliphatic rings. The summed E-state index contributed by atoms with van der Waals surface area (Å²) in [7, 11) is 3.22. The second kappa shape index (κ2) is 8.47. The molecule has 0 spiro atoms. The lowest BCUT2D eigenvalue weighted by Gasteiger charge is -2.13. The van der Waals surface area contributed by atoms with E-state index >= 15 is 0 Å². The van der Waals surface area contributed by atoms with Gasteiger partial charge in [0.15, 0.2) is 0 Å². The molecular weight excluding hydrogens is 278 g/mol. The van der Waals surface area contributed by atoms with Crippen LogP contribution in [0.15, 0.2) is 29.8 Å². The molecule has 0 bridgehead atoms. The van der Waals surface area contributed by atoms with Crippen molar-refractivity contribution < 1.29 is 14.3 Å². The Morgan fingerprint density at radius 1 is 1.23 bits per heavy atom. The fourth-order valence-electron chi connectivity index (χ4n) is 2.73. The van der Waals surface area contributed by atoms with Gasteiger partial charge in [-0.2, -0.15) is 0 Å². The minimum absolute atomic E-state index is 0.0277. The van der Waals surface area contributed by atoms with E-state index in [4.69, 9.17) is 9.47 Å². The maximum absolute atomic E-state index is 12.1. The van der Waals surface area contributed by atoms with Gasteiger partial charge in [-0.3, -0.25) is 4.79 Å². The van der Waals surface area contributed by atoms with E-state index < -0.39 is 0 Å². The second-order valence-electron chi connectivity index (χ2n) is 5.56. The molecule has 4 heteroatoms. The Morgan fingerprint density at radius 3 is 2.77 bits per heavy atom. The van der Waals surface area contributed by atoms with Crippen molar-refractivity contribution in [3.05, 3.63) is 35.4 Å². The Morgan fingerprint density at radius 2 is 2.09 bits per heavy atom. The Bertz CT molecular complexity index is 537. The molecule has 0 fully saturated rings. The fourth-order valence-corrected chi connectivity index (χ4v) is 2.73. The Balaban J connectivity index is 1.82. The number of carbonyl (C=O) groups is 1. The molecule has 1 aliphatic carbocycles. The lowest BCUT2D eigenvalue weighted by Crippen LogP contribution is -2.26. The van der Waals surface area contributed by atoms with Crippen LogP contribution < -0.4 is 14.8 Å². The van der Waals surface area contributed by atoms with E-state index in [2.05, 4.69) is 11.4 Å². The lowest BCUT2D eigenvalue weighted by molar-refractivity contribution is -0.120. The molecule has 1 aromatic carbocycles. The molecule has 120 valence electrons. The number of hydrogen-bond acceptors (Lipinski definition) is 3. The standard InChI is InChI=1S/C18H25NO3/c1-21-16-9-8-15(17(13-16)22-2)12-18(20)19-11-10-14-6-4-3-5-7-14/h6,8-9,13H,3-5,7,10-12H2,1-2H3,(H,19,20). The second-order valence-corrected chi connectivity index (χ2v) is 5.56. The smallest absolute Gasteiger partial charge is 0.224 e. The topological polar surface area (TPSA) is 47.6 Å². The van der Waals surface area contributed by atoms with Crippen molar-refractivity contribution in [1.82, 2.24) is 5.32 Å². The van der Waals surface area contributed by atoms with Crippen LogP contribution in [0.2, 0.25) is 0 Å². The predicted molar refractivity (Wildman–Crippen MR) is 87.4 cm³/mol. The molecular formula is C18H25NO3. The molecule has 1 aromatic rings. The number of allylic oxidation sites excluding steroid dienone is 1. The zero-order chi connectivity index (χ0) is 15.8. The fraction of sp³-hybridized carbons (Fsp3) is 0.500. The van der Waals surface area contributed by atoms with Gasteiger partial charge in [0.1, 0.15) is 11.5 Å². The molecule has 0 radical (unpaired) electrons. The zero-order valence-electron chi connectivity index (χ0n) is 13.5. The summed E-state index contributed by atoms with van der Waals surface area (Å²) in [6.07, 6.45) is 8.56. The van der Waals surface area contributed by atoms with Crippen molar-refractivity contribution in [1.29, 1.82) is 0 Å². The van der Waals surface area contributed by atoms with E-state index in [1.54, 1.807) is 20.3 Å². The molecule has 1 N–H and O–H groups in total. The summed E-state index contributed by atoms with van der Waals surface area (Å²) in [4.78, 5) is 12.1. The highest BCUT2D eigenvalue weighted by molar-refractivity contribution is 5.79. The van der Waals surface area contributed by atoms with E-state index in [1.165, 1.54) is 31.3 Å². The predicted octanol–water partition coefficient (Wildman–Crippen LogP) is 3.25. The maximum Gasteiger partial charge on any atom is 0.224 e. The third-order valence-electron chi connectivity index (χ3n) is 4.00. The lowest BCUT2D eigenvalue weighted by atomic mass is 9.97. The summed E-state index contributed by atoms with van der Waals surface area (Å²) in [5.41, 5.74) is 2.35. The van der Waals surface area contributed by atoms with Gasteiger partial charge in [-0.15, -0.1) is 0 Å². The van der Waals surface area contributed by atoms with Crippen molar-refractivity contribution in [2.24, 2.45) is 0 Å². The summed E-state index contributed by atoms with van der Waals surface area (Å²) in [5, 5.41) is 2.99. The van der Waals surface area contributed by atoms with Gasteiger partial charge in [-0.05, 0) is 38.2 Å². The number of ether oxygens (including phenoxy) is 2. The number of amides is 1. The summed E-state index contributed by atoms with van der Waals surface area (Å²) in [6, 6.07) is 5.52. The Labute approximate surface area is 132 Å². The highest BCUT2D eigenvalue weighted by atomic mass is 16.5. The quantitative estimate of drug-likeness (QED) is 0.787. The molecule has 0 aliphatic heterocycles. The summed E-state index contributed by atoms with van der Waals surface area (Å²) < 4.78 is 10.5. The zero-order valence-corrected chi connectivity index (χ0v) is 13.5. The van der Waals surface area contributed by atoms with Crippen LogP contribution in [0.1, 0.15) is 37.7 Å². The van der Waals surface area contributed by atoms with Gasteiger partial charge in [0, 0.05) is 18.2 Å². The number of methoxy groups -OCH3 is 2.